The Morgan fingerprint density at radius 1 is 1.08 bits per heavy atom. The second-order valence-corrected chi connectivity index (χ2v) is 5.94. The van der Waals surface area contributed by atoms with Crippen LogP contribution >= 0.6 is 0 Å². The molecule has 1 aromatic heterocycles. The molecular weight excluding hydrogens is 320 g/mol. The number of aromatic amines is 1. The van der Waals surface area contributed by atoms with Gasteiger partial charge in [-0.25, -0.2) is 4.79 Å². The monoisotopic (exact) mass is 336 g/mol. The van der Waals surface area contributed by atoms with Crippen molar-refractivity contribution in [3.8, 4) is 22.4 Å². The van der Waals surface area contributed by atoms with Crippen LogP contribution in [-0.2, 0) is 6.42 Å². The number of carboxylic acids is 1. The van der Waals surface area contributed by atoms with Crippen molar-refractivity contribution in [1.29, 1.82) is 0 Å². The smallest absolute Gasteiger partial charge is 0.356 e. The van der Waals surface area contributed by atoms with Crippen molar-refractivity contribution >= 4 is 5.97 Å². The van der Waals surface area contributed by atoms with Gasteiger partial charge in [-0.15, -0.1) is 5.10 Å². The van der Waals surface area contributed by atoms with Crippen LogP contribution in [0, 0.1) is 0 Å². The molecule has 0 spiro atoms. The number of hydrogen-bond acceptors (Lipinski definition) is 5. The van der Waals surface area contributed by atoms with E-state index >= 15 is 0 Å². The fourth-order valence-corrected chi connectivity index (χ4v) is 3.12. The lowest BCUT2D eigenvalue weighted by atomic mass is 9.94. The van der Waals surface area contributed by atoms with Crippen LogP contribution in [0.2, 0.25) is 0 Å². The first-order valence-electron chi connectivity index (χ1n) is 7.93. The number of rotatable bonds is 3. The summed E-state index contributed by atoms with van der Waals surface area (Å²) in [5.74, 6) is -1.09. The number of aliphatic hydroxyl groups excluding tert-OH is 1. The summed E-state index contributed by atoms with van der Waals surface area (Å²) < 4.78 is 0. The summed E-state index contributed by atoms with van der Waals surface area (Å²) in [5, 5.41) is 32.0. The molecule has 2 heterocycles. The molecule has 1 aliphatic rings. The van der Waals surface area contributed by atoms with E-state index in [2.05, 4.69) is 26.8 Å². The number of aliphatic hydroxyl groups is 1. The average molecular weight is 336 g/mol. The highest BCUT2D eigenvalue weighted by Gasteiger charge is 2.18. The van der Waals surface area contributed by atoms with Gasteiger partial charge in [0.2, 0.25) is 0 Å². The van der Waals surface area contributed by atoms with Gasteiger partial charge in [0, 0.05) is 12.1 Å². The number of nitrogens with one attached hydrogen (secondary N) is 2. The standard InChI is InChI=1S/C18H16N4O3/c23-17-14-6-5-12(9-13(14)7-8-19-17)10-1-3-11(4-2-10)15-16(18(24)25)21-22-20-15/h1-6,9,17,19,23H,7-8H2,(H,24,25)(H,20,21,22). The zero-order valence-corrected chi connectivity index (χ0v) is 13.2. The lowest BCUT2D eigenvalue weighted by molar-refractivity contribution is 0.0691. The van der Waals surface area contributed by atoms with Gasteiger partial charge >= 0.3 is 5.97 Å². The fraction of sp³-hybridized carbons (Fsp3) is 0.167. The van der Waals surface area contributed by atoms with Gasteiger partial charge in [-0.2, -0.15) is 0 Å². The molecule has 1 atom stereocenters. The van der Waals surface area contributed by atoms with Crippen molar-refractivity contribution < 1.29 is 15.0 Å². The molecule has 1 aliphatic heterocycles. The molecule has 7 nitrogen and oxygen atoms in total. The van der Waals surface area contributed by atoms with Gasteiger partial charge in [0.25, 0.3) is 0 Å². The molecule has 0 saturated carbocycles. The molecule has 0 fully saturated rings. The molecule has 4 rings (SSSR count). The highest BCUT2D eigenvalue weighted by Crippen LogP contribution is 2.29. The second-order valence-electron chi connectivity index (χ2n) is 5.94. The predicted molar refractivity (Wildman–Crippen MR) is 90.9 cm³/mol. The van der Waals surface area contributed by atoms with Crippen LogP contribution in [0.25, 0.3) is 22.4 Å². The van der Waals surface area contributed by atoms with Crippen molar-refractivity contribution in [3.05, 3.63) is 59.3 Å². The van der Waals surface area contributed by atoms with E-state index in [1.807, 2.05) is 36.4 Å². The van der Waals surface area contributed by atoms with Crippen molar-refractivity contribution in [2.75, 3.05) is 6.54 Å². The zero-order chi connectivity index (χ0) is 17.4. The summed E-state index contributed by atoms with van der Waals surface area (Å²) in [6.45, 7) is 0.751. The van der Waals surface area contributed by atoms with E-state index < -0.39 is 12.2 Å². The Labute approximate surface area is 143 Å². The van der Waals surface area contributed by atoms with Gasteiger partial charge in [-0.05, 0) is 28.7 Å². The summed E-state index contributed by atoms with van der Waals surface area (Å²) in [6.07, 6.45) is 0.265. The van der Waals surface area contributed by atoms with Crippen LogP contribution < -0.4 is 5.32 Å². The molecule has 0 bridgehead atoms. The minimum absolute atomic E-state index is 0.0250. The molecule has 0 aliphatic carbocycles. The predicted octanol–water partition coefficient (Wildman–Crippen LogP) is 1.97. The summed E-state index contributed by atoms with van der Waals surface area (Å²) in [7, 11) is 0. The Hall–Kier alpha value is -3.03. The van der Waals surface area contributed by atoms with E-state index in [9.17, 15) is 9.90 Å². The maximum absolute atomic E-state index is 11.2. The maximum Gasteiger partial charge on any atom is 0.356 e. The quantitative estimate of drug-likeness (QED) is 0.582. The normalized spacial score (nSPS) is 16.4. The molecule has 126 valence electrons. The highest BCUT2D eigenvalue weighted by molar-refractivity contribution is 5.92. The fourth-order valence-electron chi connectivity index (χ4n) is 3.12. The number of carboxylic acid groups (broad SMARTS) is 1. The molecule has 0 radical (unpaired) electrons. The number of hydrogen-bond donors (Lipinski definition) is 4. The van der Waals surface area contributed by atoms with Crippen LogP contribution in [0.1, 0.15) is 27.8 Å². The molecule has 0 amide bonds. The molecule has 3 aromatic rings. The van der Waals surface area contributed by atoms with Gasteiger partial charge in [-0.1, -0.05) is 47.7 Å². The van der Waals surface area contributed by atoms with Gasteiger partial charge in [-0.3, -0.25) is 10.4 Å². The number of benzene rings is 2. The molecule has 4 N–H and O–H groups in total. The Balaban J connectivity index is 1.67. The average Bonchev–Trinajstić information content (AvgIpc) is 3.12. The summed E-state index contributed by atoms with van der Waals surface area (Å²) in [6, 6.07) is 13.5. The summed E-state index contributed by atoms with van der Waals surface area (Å²) in [5.41, 5.74) is 5.10. The number of H-pyrrole nitrogens is 1. The first kappa shape index (κ1) is 15.5. The van der Waals surface area contributed by atoms with E-state index in [0.29, 0.717) is 11.3 Å². The van der Waals surface area contributed by atoms with Crippen molar-refractivity contribution in [2.45, 2.75) is 12.6 Å². The van der Waals surface area contributed by atoms with Crippen molar-refractivity contribution in [3.63, 3.8) is 0 Å². The summed E-state index contributed by atoms with van der Waals surface area (Å²) >= 11 is 0. The SMILES string of the molecule is O=C(O)c1[nH]nnc1-c1ccc(-c2ccc3c(c2)CCNC3O)cc1. The van der Waals surface area contributed by atoms with Gasteiger partial charge < -0.3 is 10.2 Å². The Kier molecular flexibility index (Phi) is 3.79. The van der Waals surface area contributed by atoms with Crippen LogP contribution in [0.15, 0.2) is 42.5 Å². The van der Waals surface area contributed by atoms with Crippen LogP contribution in [0.3, 0.4) is 0 Å². The number of aromatic nitrogens is 3. The second kappa shape index (κ2) is 6.12. The van der Waals surface area contributed by atoms with E-state index in [4.69, 9.17) is 5.11 Å². The van der Waals surface area contributed by atoms with Gasteiger partial charge in [0.15, 0.2) is 5.69 Å². The van der Waals surface area contributed by atoms with E-state index in [0.717, 1.165) is 35.2 Å². The van der Waals surface area contributed by atoms with Crippen molar-refractivity contribution in [2.24, 2.45) is 0 Å². The lowest BCUT2D eigenvalue weighted by Crippen LogP contribution is -2.29. The maximum atomic E-state index is 11.2. The van der Waals surface area contributed by atoms with E-state index in [-0.39, 0.29) is 5.69 Å². The first-order chi connectivity index (χ1) is 12.1. The highest BCUT2D eigenvalue weighted by atomic mass is 16.4. The van der Waals surface area contributed by atoms with Gasteiger partial charge in [0.05, 0.1) is 0 Å². The molecule has 25 heavy (non-hydrogen) atoms. The zero-order valence-electron chi connectivity index (χ0n) is 13.2. The molecular formula is C18H16N4O3. The number of aromatic carboxylic acids is 1. The minimum atomic E-state index is -1.09. The largest absolute Gasteiger partial charge is 0.476 e. The number of fused-ring (bicyclic) bond motifs is 1. The summed E-state index contributed by atoms with van der Waals surface area (Å²) in [4.78, 5) is 11.2. The van der Waals surface area contributed by atoms with Crippen LogP contribution in [-0.4, -0.2) is 38.1 Å². The minimum Gasteiger partial charge on any atom is -0.476 e. The van der Waals surface area contributed by atoms with Crippen molar-refractivity contribution in [1.82, 2.24) is 20.7 Å². The first-order valence-corrected chi connectivity index (χ1v) is 7.93. The van der Waals surface area contributed by atoms with E-state index in [1.54, 1.807) is 0 Å². The Morgan fingerprint density at radius 2 is 1.80 bits per heavy atom. The lowest BCUT2D eigenvalue weighted by Gasteiger charge is -2.23. The number of nitrogens with zero attached hydrogens (tertiary/aromatic N) is 2. The van der Waals surface area contributed by atoms with Crippen LogP contribution in [0.5, 0.6) is 0 Å². The third-order valence-corrected chi connectivity index (χ3v) is 4.42. The number of carbonyl (C=O) groups is 1. The van der Waals surface area contributed by atoms with Gasteiger partial charge in [0.1, 0.15) is 11.9 Å². The Bertz CT molecular complexity index is 934. The van der Waals surface area contributed by atoms with Crippen LogP contribution in [0.4, 0.5) is 0 Å². The van der Waals surface area contributed by atoms with E-state index in [1.165, 1.54) is 0 Å². The molecule has 2 aromatic carbocycles. The third kappa shape index (κ3) is 2.79. The molecule has 1 unspecified atom stereocenters. The Morgan fingerprint density at radius 3 is 2.56 bits per heavy atom. The topological polar surface area (TPSA) is 111 Å². The molecule has 0 saturated heterocycles. The molecule has 7 heteroatoms. The third-order valence-electron chi connectivity index (χ3n) is 4.42.